The number of hydrogen-bond acceptors (Lipinski definition) is 6. The molecule has 1 fully saturated rings. The molecule has 0 saturated heterocycles. The van der Waals surface area contributed by atoms with E-state index >= 15 is 0 Å². The molecule has 0 amide bonds. The van der Waals surface area contributed by atoms with Crippen LogP contribution in [-0.4, -0.2) is 38.3 Å². The molecule has 1 saturated carbocycles. The maximum Gasteiger partial charge on any atom is 0.191 e. The van der Waals surface area contributed by atoms with Crippen molar-refractivity contribution in [1.82, 2.24) is 14.8 Å². The predicted molar refractivity (Wildman–Crippen MR) is 103 cm³/mol. The van der Waals surface area contributed by atoms with Gasteiger partial charge in [0.1, 0.15) is 23.9 Å². The molecule has 6 nitrogen and oxygen atoms in total. The molecule has 3 aromatic rings. The molecule has 142 valence electrons. The van der Waals surface area contributed by atoms with Crippen LogP contribution in [0, 0.1) is 0 Å². The average Bonchev–Trinajstić information content (AvgIpc) is 3.24. The lowest BCUT2D eigenvalue weighted by atomic mass is 10.3. The number of ether oxygens (including phenoxy) is 1. The third kappa shape index (κ3) is 4.86. The molecular formula is C19H20ClN3O3S. The number of aromatic nitrogens is 3. The molecule has 2 heterocycles. The van der Waals surface area contributed by atoms with Crippen molar-refractivity contribution in [3.8, 4) is 5.75 Å². The second kappa shape index (κ2) is 8.37. The first-order chi connectivity index (χ1) is 13.2. The highest BCUT2D eigenvalue weighted by Crippen LogP contribution is 2.40. The smallest absolute Gasteiger partial charge is 0.191 e. The van der Waals surface area contributed by atoms with Crippen molar-refractivity contribution in [3.05, 3.63) is 59.3 Å². The number of aliphatic hydroxyl groups excluding tert-OH is 1. The Bertz CT molecular complexity index is 863. The number of hydrogen-bond donors (Lipinski definition) is 1. The monoisotopic (exact) mass is 405 g/mol. The molecule has 1 aromatic carbocycles. The van der Waals surface area contributed by atoms with Gasteiger partial charge in [-0.1, -0.05) is 23.4 Å². The maximum absolute atomic E-state index is 10.3. The van der Waals surface area contributed by atoms with Crippen LogP contribution >= 0.6 is 23.4 Å². The SMILES string of the molecule is OC(COc1ccc(Cl)cc1)CSc1nnc(C2CC2)n1Cc1ccco1. The Kier molecular flexibility index (Phi) is 5.71. The van der Waals surface area contributed by atoms with Gasteiger partial charge < -0.3 is 14.3 Å². The van der Waals surface area contributed by atoms with Crippen molar-refractivity contribution < 1.29 is 14.3 Å². The van der Waals surface area contributed by atoms with Crippen LogP contribution in [0.4, 0.5) is 0 Å². The quantitative estimate of drug-likeness (QED) is 0.543. The first kappa shape index (κ1) is 18.4. The van der Waals surface area contributed by atoms with Gasteiger partial charge in [0.15, 0.2) is 5.16 Å². The Morgan fingerprint density at radius 3 is 2.78 bits per heavy atom. The minimum atomic E-state index is -0.621. The lowest BCUT2D eigenvalue weighted by molar-refractivity contribution is 0.126. The van der Waals surface area contributed by atoms with Crippen molar-refractivity contribution in [1.29, 1.82) is 0 Å². The van der Waals surface area contributed by atoms with E-state index in [-0.39, 0.29) is 6.61 Å². The molecule has 4 rings (SSSR count). The number of furan rings is 1. The van der Waals surface area contributed by atoms with Crippen LogP contribution in [-0.2, 0) is 6.54 Å². The van der Waals surface area contributed by atoms with Gasteiger partial charge in [0.2, 0.25) is 0 Å². The molecule has 1 N–H and O–H groups in total. The Morgan fingerprint density at radius 2 is 2.07 bits per heavy atom. The highest BCUT2D eigenvalue weighted by molar-refractivity contribution is 7.99. The molecule has 1 aliphatic rings. The summed E-state index contributed by atoms with van der Waals surface area (Å²) in [5, 5.41) is 20.4. The number of nitrogens with zero attached hydrogens (tertiary/aromatic N) is 3. The van der Waals surface area contributed by atoms with Crippen molar-refractivity contribution >= 4 is 23.4 Å². The summed E-state index contributed by atoms with van der Waals surface area (Å²) in [4.78, 5) is 0. The lowest BCUT2D eigenvalue weighted by Crippen LogP contribution is -2.20. The molecule has 1 atom stereocenters. The summed E-state index contributed by atoms with van der Waals surface area (Å²) < 4.78 is 13.2. The fourth-order valence-electron chi connectivity index (χ4n) is 2.70. The molecule has 0 aliphatic heterocycles. The van der Waals surface area contributed by atoms with Gasteiger partial charge in [-0.05, 0) is 49.2 Å². The van der Waals surface area contributed by atoms with Crippen LogP contribution in [0.15, 0.2) is 52.2 Å². The van der Waals surface area contributed by atoms with E-state index in [4.69, 9.17) is 20.8 Å². The van der Waals surface area contributed by atoms with Gasteiger partial charge in [-0.15, -0.1) is 10.2 Å². The topological polar surface area (TPSA) is 73.3 Å². The number of rotatable bonds is 9. The summed E-state index contributed by atoms with van der Waals surface area (Å²) in [6, 6.07) is 10.9. The maximum atomic E-state index is 10.3. The summed E-state index contributed by atoms with van der Waals surface area (Å²) in [5.74, 6) is 3.50. The summed E-state index contributed by atoms with van der Waals surface area (Å²) in [7, 11) is 0. The number of halogens is 1. The van der Waals surface area contributed by atoms with E-state index in [2.05, 4.69) is 14.8 Å². The zero-order valence-electron chi connectivity index (χ0n) is 14.6. The third-order valence-electron chi connectivity index (χ3n) is 4.24. The molecule has 2 aromatic heterocycles. The molecule has 0 spiro atoms. The first-order valence-electron chi connectivity index (χ1n) is 8.84. The van der Waals surface area contributed by atoms with E-state index in [1.165, 1.54) is 11.8 Å². The Labute approximate surface area is 166 Å². The lowest BCUT2D eigenvalue weighted by Gasteiger charge is -2.13. The van der Waals surface area contributed by atoms with Crippen LogP contribution < -0.4 is 4.74 Å². The minimum Gasteiger partial charge on any atom is -0.491 e. The van der Waals surface area contributed by atoms with Gasteiger partial charge >= 0.3 is 0 Å². The van der Waals surface area contributed by atoms with Crippen LogP contribution in [0.1, 0.15) is 30.3 Å². The average molecular weight is 406 g/mol. The summed E-state index contributed by atoms with van der Waals surface area (Å²) in [5.41, 5.74) is 0. The molecule has 0 bridgehead atoms. The minimum absolute atomic E-state index is 0.205. The highest BCUT2D eigenvalue weighted by atomic mass is 35.5. The molecule has 1 unspecified atom stereocenters. The van der Waals surface area contributed by atoms with E-state index in [0.29, 0.717) is 29.0 Å². The van der Waals surface area contributed by atoms with Crippen LogP contribution in [0.3, 0.4) is 0 Å². The van der Waals surface area contributed by atoms with Crippen molar-refractivity contribution in [3.63, 3.8) is 0 Å². The fourth-order valence-corrected chi connectivity index (χ4v) is 3.68. The predicted octanol–water partition coefficient (Wildman–Crippen LogP) is 3.98. The van der Waals surface area contributed by atoms with Crippen molar-refractivity contribution in [2.75, 3.05) is 12.4 Å². The molecule has 8 heteroatoms. The zero-order chi connectivity index (χ0) is 18.6. The van der Waals surface area contributed by atoms with Crippen molar-refractivity contribution in [2.45, 2.75) is 36.6 Å². The zero-order valence-corrected chi connectivity index (χ0v) is 16.2. The molecule has 27 heavy (non-hydrogen) atoms. The second-order valence-corrected chi connectivity index (χ2v) is 7.93. The highest BCUT2D eigenvalue weighted by Gasteiger charge is 2.30. The standard InChI is InChI=1S/C19H20ClN3O3S/c20-14-5-7-16(8-6-14)26-11-15(24)12-27-19-22-21-18(13-3-4-13)23(19)10-17-2-1-9-25-17/h1-2,5-9,13,15,24H,3-4,10-12H2. The van der Waals surface area contributed by atoms with Gasteiger partial charge in [-0.25, -0.2) is 0 Å². The number of aliphatic hydroxyl groups is 1. The summed E-state index contributed by atoms with van der Waals surface area (Å²) in [6.07, 6.45) is 3.35. The largest absolute Gasteiger partial charge is 0.491 e. The summed E-state index contributed by atoms with van der Waals surface area (Å²) in [6.45, 7) is 0.808. The van der Waals surface area contributed by atoms with Crippen LogP contribution in [0.2, 0.25) is 5.02 Å². The normalized spacial score (nSPS) is 15.0. The van der Waals surface area contributed by atoms with E-state index < -0.39 is 6.10 Å². The number of benzene rings is 1. The van der Waals surface area contributed by atoms with Gasteiger partial charge in [-0.2, -0.15) is 0 Å². The Morgan fingerprint density at radius 1 is 1.26 bits per heavy atom. The van der Waals surface area contributed by atoms with Crippen molar-refractivity contribution in [2.24, 2.45) is 0 Å². The van der Waals surface area contributed by atoms with E-state index in [0.717, 1.165) is 29.6 Å². The second-order valence-electron chi connectivity index (χ2n) is 6.51. The van der Waals surface area contributed by atoms with Gasteiger partial charge in [0.25, 0.3) is 0 Å². The van der Waals surface area contributed by atoms with Gasteiger partial charge in [-0.3, -0.25) is 4.57 Å². The van der Waals surface area contributed by atoms with E-state index in [9.17, 15) is 5.11 Å². The summed E-state index contributed by atoms with van der Waals surface area (Å²) >= 11 is 7.33. The first-order valence-corrected chi connectivity index (χ1v) is 10.2. The van der Waals surface area contributed by atoms with E-state index in [1.807, 2.05) is 12.1 Å². The Hall–Kier alpha value is -1.96. The Balaban J connectivity index is 1.35. The van der Waals surface area contributed by atoms with Gasteiger partial charge in [0.05, 0.1) is 18.9 Å². The van der Waals surface area contributed by atoms with Gasteiger partial charge in [0, 0.05) is 16.7 Å². The molecular weight excluding hydrogens is 386 g/mol. The van der Waals surface area contributed by atoms with Crippen LogP contribution in [0.25, 0.3) is 0 Å². The third-order valence-corrected chi connectivity index (χ3v) is 5.61. The van der Waals surface area contributed by atoms with Crippen LogP contribution in [0.5, 0.6) is 5.75 Å². The van der Waals surface area contributed by atoms with E-state index in [1.54, 1.807) is 30.5 Å². The molecule has 1 aliphatic carbocycles. The number of thioether (sulfide) groups is 1. The molecule has 0 radical (unpaired) electrons. The fraction of sp³-hybridized carbons (Fsp3) is 0.368.